The Morgan fingerprint density at radius 3 is 2.25 bits per heavy atom. The lowest BCUT2D eigenvalue weighted by Crippen LogP contribution is -2.39. The monoisotopic (exact) mass is 344 g/mol. The fourth-order valence-corrected chi connectivity index (χ4v) is 3.13. The second-order valence-electron chi connectivity index (χ2n) is 6.43. The minimum absolute atomic E-state index is 0.0321. The summed E-state index contributed by atoms with van der Waals surface area (Å²) in [5.74, 6) is -0.0427. The van der Waals surface area contributed by atoms with Gasteiger partial charge in [-0.1, -0.05) is 41.4 Å². The van der Waals surface area contributed by atoms with Crippen LogP contribution in [0.5, 0.6) is 0 Å². The van der Waals surface area contributed by atoms with E-state index in [0.717, 1.165) is 22.4 Å². The molecule has 2 rings (SSSR count). The topological polar surface area (TPSA) is 41.1 Å². The van der Waals surface area contributed by atoms with Crippen molar-refractivity contribution in [3.8, 4) is 0 Å². The molecule has 24 heavy (non-hydrogen) atoms. The smallest absolute Gasteiger partial charge is 0.241 e. The maximum Gasteiger partial charge on any atom is 0.241 e. The Morgan fingerprint density at radius 2 is 1.67 bits per heavy atom. The van der Waals surface area contributed by atoms with E-state index in [2.05, 4.69) is 29.7 Å². The molecule has 3 nitrogen and oxygen atoms in total. The van der Waals surface area contributed by atoms with Crippen molar-refractivity contribution in [2.24, 2.45) is 0 Å². The highest BCUT2D eigenvalue weighted by atomic mass is 35.5. The van der Waals surface area contributed by atoms with Crippen molar-refractivity contribution in [1.29, 1.82) is 0 Å². The van der Waals surface area contributed by atoms with Crippen molar-refractivity contribution < 1.29 is 4.79 Å². The van der Waals surface area contributed by atoms with E-state index in [1.165, 1.54) is 5.56 Å². The van der Waals surface area contributed by atoms with Gasteiger partial charge in [0.25, 0.3) is 0 Å². The summed E-state index contributed by atoms with van der Waals surface area (Å²) in [6.45, 7) is 9.99. The van der Waals surface area contributed by atoms with Crippen LogP contribution in [0.2, 0.25) is 5.02 Å². The fourth-order valence-electron chi connectivity index (χ4n) is 2.93. The third-order valence-corrected chi connectivity index (χ3v) is 4.40. The van der Waals surface area contributed by atoms with Crippen LogP contribution in [-0.4, -0.2) is 11.9 Å². The van der Waals surface area contributed by atoms with Gasteiger partial charge in [0.15, 0.2) is 0 Å². The molecule has 0 fully saturated rings. The van der Waals surface area contributed by atoms with E-state index in [1.54, 1.807) is 0 Å². The van der Waals surface area contributed by atoms with Crippen molar-refractivity contribution in [2.75, 3.05) is 5.32 Å². The minimum Gasteiger partial charge on any atom is -0.324 e. The Kier molecular flexibility index (Phi) is 6.03. The number of hydrogen-bond donors (Lipinski definition) is 2. The van der Waals surface area contributed by atoms with Crippen LogP contribution in [0.4, 0.5) is 5.69 Å². The summed E-state index contributed by atoms with van der Waals surface area (Å²) in [7, 11) is 0. The number of amides is 1. The van der Waals surface area contributed by atoms with Gasteiger partial charge in [-0.2, -0.15) is 0 Å². The molecule has 0 saturated carbocycles. The Labute approximate surface area is 149 Å². The molecule has 0 unspecified atom stereocenters. The molecule has 2 aromatic carbocycles. The summed E-state index contributed by atoms with van der Waals surface area (Å²) >= 11 is 6.04. The van der Waals surface area contributed by atoms with Gasteiger partial charge in [-0.3, -0.25) is 10.1 Å². The molecule has 0 saturated heterocycles. The number of benzene rings is 2. The van der Waals surface area contributed by atoms with Crippen LogP contribution in [0.25, 0.3) is 0 Å². The van der Waals surface area contributed by atoms with Gasteiger partial charge in [0.1, 0.15) is 0 Å². The van der Waals surface area contributed by atoms with Gasteiger partial charge < -0.3 is 5.32 Å². The van der Waals surface area contributed by atoms with E-state index in [1.807, 2.05) is 52.0 Å². The third kappa shape index (κ3) is 4.59. The normalized spacial score (nSPS) is 13.4. The van der Waals surface area contributed by atoms with Crippen molar-refractivity contribution >= 4 is 23.2 Å². The highest BCUT2D eigenvalue weighted by Crippen LogP contribution is 2.22. The molecule has 128 valence electrons. The summed E-state index contributed by atoms with van der Waals surface area (Å²) in [5.41, 5.74) is 5.31. The molecule has 1 amide bonds. The highest BCUT2D eigenvalue weighted by Gasteiger charge is 2.18. The van der Waals surface area contributed by atoms with Crippen LogP contribution in [0.1, 0.15) is 42.1 Å². The van der Waals surface area contributed by atoms with E-state index in [-0.39, 0.29) is 18.0 Å². The Balaban J connectivity index is 2.05. The van der Waals surface area contributed by atoms with E-state index in [4.69, 9.17) is 11.6 Å². The minimum atomic E-state index is -0.320. The fraction of sp³-hybridized carbons (Fsp3) is 0.350. The molecule has 0 spiro atoms. The zero-order valence-corrected chi connectivity index (χ0v) is 15.7. The second kappa shape index (κ2) is 7.82. The first-order valence-corrected chi connectivity index (χ1v) is 8.56. The Bertz CT molecular complexity index is 719. The molecule has 0 aliphatic heterocycles. The van der Waals surface area contributed by atoms with Crippen LogP contribution in [0.3, 0.4) is 0 Å². The van der Waals surface area contributed by atoms with E-state index < -0.39 is 0 Å². The number of aryl methyl sites for hydroxylation is 3. The van der Waals surface area contributed by atoms with Gasteiger partial charge in [0.2, 0.25) is 5.91 Å². The molecule has 0 radical (unpaired) electrons. The average molecular weight is 345 g/mol. The molecule has 2 aromatic rings. The van der Waals surface area contributed by atoms with E-state index >= 15 is 0 Å². The molecule has 0 aliphatic rings. The zero-order chi connectivity index (χ0) is 17.9. The number of nitrogens with one attached hydrogen (secondary N) is 2. The van der Waals surface area contributed by atoms with Crippen molar-refractivity contribution in [1.82, 2.24) is 5.32 Å². The predicted octanol–water partition coefficient (Wildman–Crippen LogP) is 4.94. The van der Waals surface area contributed by atoms with Crippen LogP contribution in [-0.2, 0) is 4.79 Å². The Hall–Kier alpha value is -1.84. The van der Waals surface area contributed by atoms with Gasteiger partial charge in [0.05, 0.1) is 6.04 Å². The number of anilines is 1. The number of hydrogen-bond acceptors (Lipinski definition) is 2. The first-order chi connectivity index (χ1) is 11.3. The van der Waals surface area contributed by atoms with E-state index in [0.29, 0.717) is 5.02 Å². The van der Waals surface area contributed by atoms with Crippen molar-refractivity contribution in [3.05, 3.63) is 63.7 Å². The van der Waals surface area contributed by atoms with Gasteiger partial charge in [-0.05, 0) is 63.4 Å². The molecule has 2 atom stereocenters. The lowest BCUT2D eigenvalue weighted by molar-refractivity contribution is -0.117. The van der Waals surface area contributed by atoms with Gasteiger partial charge >= 0.3 is 0 Å². The summed E-state index contributed by atoms with van der Waals surface area (Å²) in [6, 6.07) is 11.5. The van der Waals surface area contributed by atoms with E-state index in [9.17, 15) is 4.79 Å². The first kappa shape index (κ1) is 18.5. The molecule has 0 heterocycles. The SMILES string of the molecule is Cc1cc(C)c(NC(=O)[C@H](C)N[C@@H](C)c2cccc(Cl)c2)c(C)c1. The molecule has 0 bridgehead atoms. The van der Waals surface area contributed by atoms with Crippen LogP contribution < -0.4 is 10.6 Å². The molecule has 2 N–H and O–H groups in total. The summed E-state index contributed by atoms with van der Waals surface area (Å²) in [6.07, 6.45) is 0. The first-order valence-electron chi connectivity index (χ1n) is 8.18. The zero-order valence-electron chi connectivity index (χ0n) is 14.9. The van der Waals surface area contributed by atoms with Crippen LogP contribution in [0.15, 0.2) is 36.4 Å². The summed E-state index contributed by atoms with van der Waals surface area (Å²) in [4.78, 5) is 12.5. The molecular weight excluding hydrogens is 320 g/mol. The quantitative estimate of drug-likeness (QED) is 0.806. The lowest BCUT2D eigenvalue weighted by Gasteiger charge is -2.21. The summed E-state index contributed by atoms with van der Waals surface area (Å²) in [5, 5.41) is 7.07. The summed E-state index contributed by atoms with van der Waals surface area (Å²) < 4.78 is 0. The molecule has 0 aromatic heterocycles. The van der Waals surface area contributed by atoms with Crippen molar-refractivity contribution in [2.45, 2.75) is 46.7 Å². The molecule has 0 aliphatic carbocycles. The maximum atomic E-state index is 12.5. The van der Waals surface area contributed by atoms with Crippen LogP contribution in [0, 0.1) is 20.8 Å². The number of halogens is 1. The highest BCUT2D eigenvalue weighted by molar-refractivity contribution is 6.30. The number of rotatable bonds is 5. The third-order valence-electron chi connectivity index (χ3n) is 4.17. The number of carbonyl (C=O) groups is 1. The van der Waals surface area contributed by atoms with Crippen LogP contribution >= 0.6 is 11.6 Å². The van der Waals surface area contributed by atoms with Gasteiger partial charge in [-0.15, -0.1) is 0 Å². The lowest BCUT2D eigenvalue weighted by atomic mass is 10.0. The maximum absolute atomic E-state index is 12.5. The second-order valence-corrected chi connectivity index (χ2v) is 6.86. The molecule has 4 heteroatoms. The van der Waals surface area contributed by atoms with Crippen molar-refractivity contribution in [3.63, 3.8) is 0 Å². The van der Waals surface area contributed by atoms with Gasteiger partial charge in [0, 0.05) is 16.8 Å². The van der Waals surface area contributed by atoms with Gasteiger partial charge in [-0.25, -0.2) is 0 Å². The predicted molar refractivity (Wildman–Crippen MR) is 102 cm³/mol. The average Bonchev–Trinajstić information content (AvgIpc) is 2.50. The molecular formula is C20H25ClN2O. The standard InChI is InChI=1S/C20H25ClN2O/c1-12-9-13(2)19(14(3)10-12)23-20(24)16(5)22-15(4)17-7-6-8-18(21)11-17/h6-11,15-16,22H,1-5H3,(H,23,24)/t15-,16-/m0/s1. The largest absolute Gasteiger partial charge is 0.324 e. The number of carbonyl (C=O) groups excluding carboxylic acids is 1. The Morgan fingerprint density at radius 1 is 1.04 bits per heavy atom.